The predicted octanol–water partition coefficient (Wildman–Crippen LogP) is 1.07. The van der Waals surface area contributed by atoms with Gasteiger partial charge in [0.15, 0.2) is 5.78 Å². The molecule has 1 aromatic heterocycles. The molecule has 0 aliphatic heterocycles. The number of hydrogen-bond donors (Lipinski definition) is 0. The number of methoxy groups -OCH3 is 1. The van der Waals surface area contributed by atoms with E-state index >= 15 is 0 Å². The number of aromatic nitrogens is 1. The summed E-state index contributed by atoms with van der Waals surface area (Å²) in [7, 11) is 1.27. The van der Waals surface area contributed by atoms with E-state index in [0.717, 1.165) is 0 Å². The summed E-state index contributed by atoms with van der Waals surface area (Å²) in [6, 6.07) is 4.64. The number of carbonyl (C=O) groups excluding carboxylic acids is 2. The molecule has 0 saturated carbocycles. The maximum Gasteiger partial charge on any atom is 0.356 e. The van der Waals surface area contributed by atoms with Gasteiger partial charge < -0.3 is 4.74 Å². The van der Waals surface area contributed by atoms with Crippen molar-refractivity contribution in [1.82, 2.24) is 4.98 Å². The van der Waals surface area contributed by atoms with Gasteiger partial charge in [-0.2, -0.15) is 0 Å². The van der Waals surface area contributed by atoms with Crippen LogP contribution in [-0.4, -0.2) is 23.8 Å². The second-order valence-corrected chi connectivity index (χ2v) is 2.46. The van der Waals surface area contributed by atoms with Gasteiger partial charge in [-0.3, -0.25) is 4.79 Å². The molecule has 0 aromatic carbocycles. The number of esters is 1. The van der Waals surface area contributed by atoms with E-state index in [9.17, 15) is 9.59 Å². The van der Waals surface area contributed by atoms with Crippen LogP contribution in [0.3, 0.4) is 0 Å². The topological polar surface area (TPSA) is 56.3 Å². The second-order valence-electron chi connectivity index (χ2n) is 2.46. The molecule has 0 saturated heterocycles. The quantitative estimate of drug-likeness (QED) is 0.503. The van der Waals surface area contributed by atoms with Crippen molar-refractivity contribution < 1.29 is 14.3 Å². The van der Waals surface area contributed by atoms with Gasteiger partial charge in [0.25, 0.3) is 0 Å². The van der Waals surface area contributed by atoms with Gasteiger partial charge in [0.2, 0.25) is 0 Å². The van der Waals surface area contributed by atoms with Crippen LogP contribution in [0.5, 0.6) is 0 Å². The summed E-state index contributed by atoms with van der Waals surface area (Å²) in [5.41, 5.74) is 0.415. The molecule has 0 fully saturated rings. The van der Waals surface area contributed by atoms with Crippen LogP contribution in [0.2, 0.25) is 0 Å². The molecular weight excluding hydrogens is 170 g/mol. The fraction of sp³-hybridized carbons (Fsp3) is 0.222. The zero-order valence-electron chi connectivity index (χ0n) is 7.40. The molecule has 13 heavy (non-hydrogen) atoms. The standard InChI is InChI=1S/C9H9NO3/c1-6(11)7-4-3-5-8(10-7)9(12)13-2/h3-5H,1-2H3. The Balaban J connectivity index is 3.05. The normalized spacial score (nSPS) is 9.38. The van der Waals surface area contributed by atoms with Crippen LogP contribution in [-0.2, 0) is 4.74 Å². The van der Waals surface area contributed by atoms with Gasteiger partial charge >= 0.3 is 5.97 Å². The number of hydrogen-bond acceptors (Lipinski definition) is 4. The Labute approximate surface area is 75.5 Å². The number of carbonyl (C=O) groups is 2. The van der Waals surface area contributed by atoms with E-state index in [0.29, 0.717) is 0 Å². The highest BCUT2D eigenvalue weighted by molar-refractivity contribution is 5.94. The minimum atomic E-state index is -0.539. The Morgan fingerprint density at radius 2 is 1.92 bits per heavy atom. The van der Waals surface area contributed by atoms with Crippen molar-refractivity contribution in [3.8, 4) is 0 Å². The molecule has 1 aromatic rings. The monoisotopic (exact) mass is 179 g/mol. The fourth-order valence-electron chi connectivity index (χ4n) is 0.849. The van der Waals surface area contributed by atoms with E-state index in [1.54, 1.807) is 12.1 Å². The highest BCUT2D eigenvalue weighted by Crippen LogP contribution is 2.01. The number of ketones is 1. The van der Waals surface area contributed by atoms with E-state index in [1.165, 1.54) is 20.1 Å². The summed E-state index contributed by atoms with van der Waals surface area (Å²) >= 11 is 0. The summed E-state index contributed by atoms with van der Waals surface area (Å²) in [4.78, 5) is 25.7. The molecule has 4 heteroatoms. The first-order chi connectivity index (χ1) is 6.15. The molecule has 0 aliphatic rings. The third-order valence-corrected chi connectivity index (χ3v) is 1.50. The molecule has 0 radical (unpaired) electrons. The van der Waals surface area contributed by atoms with Crippen molar-refractivity contribution in [2.24, 2.45) is 0 Å². The number of rotatable bonds is 2. The molecule has 0 amide bonds. The zero-order chi connectivity index (χ0) is 9.84. The molecule has 0 spiro atoms. The van der Waals surface area contributed by atoms with Gasteiger partial charge in [-0.15, -0.1) is 0 Å². The first kappa shape index (κ1) is 9.38. The highest BCUT2D eigenvalue weighted by Gasteiger charge is 2.08. The minimum Gasteiger partial charge on any atom is -0.464 e. The number of Topliss-reactive ketones (excluding diaryl/α,β-unsaturated/α-hetero) is 1. The maximum absolute atomic E-state index is 11.0. The van der Waals surface area contributed by atoms with Gasteiger partial charge in [-0.1, -0.05) is 6.07 Å². The number of pyridine rings is 1. The Morgan fingerprint density at radius 1 is 1.31 bits per heavy atom. The first-order valence-corrected chi connectivity index (χ1v) is 3.71. The molecule has 0 bridgehead atoms. The maximum atomic E-state index is 11.0. The lowest BCUT2D eigenvalue weighted by Crippen LogP contribution is -2.07. The molecule has 1 heterocycles. The summed E-state index contributed by atoms with van der Waals surface area (Å²) in [5.74, 6) is -0.714. The molecule has 1 rings (SSSR count). The Kier molecular flexibility index (Phi) is 2.74. The van der Waals surface area contributed by atoms with Gasteiger partial charge in [-0.05, 0) is 12.1 Å². The van der Waals surface area contributed by atoms with Crippen LogP contribution >= 0.6 is 0 Å². The third-order valence-electron chi connectivity index (χ3n) is 1.50. The van der Waals surface area contributed by atoms with E-state index < -0.39 is 5.97 Å². The van der Waals surface area contributed by atoms with Crippen molar-refractivity contribution in [3.63, 3.8) is 0 Å². The van der Waals surface area contributed by atoms with Gasteiger partial charge in [0, 0.05) is 6.92 Å². The van der Waals surface area contributed by atoms with Crippen molar-refractivity contribution in [2.45, 2.75) is 6.92 Å². The van der Waals surface area contributed by atoms with Crippen LogP contribution in [0.1, 0.15) is 27.9 Å². The Hall–Kier alpha value is -1.71. The molecule has 0 unspecified atom stereocenters. The highest BCUT2D eigenvalue weighted by atomic mass is 16.5. The average molecular weight is 179 g/mol. The van der Waals surface area contributed by atoms with E-state index in [4.69, 9.17) is 0 Å². The lowest BCUT2D eigenvalue weighted by atomic mass is 10.2. The van der Waals surface area contributed by atoms with Gasteiger partial charge in [-0.25, -0.2) is 9.78 Å². The molecule has 0 atom stereocenters. The summed E-state index contributed by atoms with van der Waals surface area (Å²) < 4.78 is 4.46. The summed E-state index contributed by atoms with van der Waals surface area (Å²) in [6.45, 7) is 1.39. The fourth-order valence-corrected chi connectivity index (χ4v) is 0.849. The van der Waals surface area contributed by atoms with Crippen LogP contribution in [0, 0.1) is 0 Å². The number of ether oxygens (including phenoxy) is 1. The average Bonchev–Trinajstić information content (AvgIpc) is 2.17. The van der Waals surface area contributed by atoms with E-state index in [-0.39, 0.29) is 17.2 Å². The first-order valence-electron chi connectivity index (χ1n) is 3.71. The molecular formula is C9H9NO3. The van der Waals surface area contributed by atoms with Crippen LogP contribution < -0.4 is 0 Å². The molecule has 4 nitrogen and oxygen atoms in total. The van der Waals surface area contributed by atoms with E-state index in [1.807, 2.05) is 0 Å². The smallest absolute Gasteiger partial charge is 0.356 e. The number of nitrogens with zero attached hydrogens (tertiary/aromatic N) is 1. The molecule has 0 aliphatic carbocycles. The van der Waals surface area contributed by atoms with E-state index in [2.05, 4.69) is 9.72 Å². The Morgan fingerprint density at radius 3 is 2.46 bits per heavy atom. The summed E-state index contributed by atoms with van der Waals surface area (Å²) in [5, 5.41) is 0. The molecule has 68 valence electrons. The van der Waals surface area contributed by atoms with Crippen LogP contribution in [0.25, 0.3) is 0 Å². The Bertz CT molecular complexity index is 346. The van der Waals surface area contributed by atoms with Gasteiger partial charge in [0.05, 0.1) is 7.11 Å². The lowest BCUT2D eigenvalue weighted by Gasteiger charge is -1.99. The van der Waals surface area contributed by atoms with Crippen molar-refractivity contribution in [1.29, 1.82) is 0 Å². The second kappa shape index (κ2) is 3.80. The zero-order valence-corrected chi connectivity index (χ0v) is 7.40. The van der Waals surface area contributed by atoms with Crippen LogP contribution in [0.4, 0.5) is 0 Å². The largest absolute Gasteiger partial charge is 0.464 e. The van der Waals surface area contributed by atoms with Crippen molar-refractivity contribution in [3.05, 3.63) is 29.6 Å². The minimum absolute atomic E-state index is 0.148. The van der Waals surface area contributed by atoms with Gasteiger partial charge in [0.1, 0.15) is 11.4 Å². The predicted molar refractivity (Wildman–Crippen MR) is 45.6 cm³/mol. The summed E-state index contributed by atoms with van der Waals surface area (Å²) in [6.07, 6.45) is 0. The van der Waals surface area contributed by atoms with Crippen molar-refractivity contribution >= 4 is 11.8 Å². The molecule has 0 N–H and O–H groups in total. The van der Waals surface area contributed by atoms with Crippen molar-refractivity contribution in [2.75, 3.05) is 7.11 Å². The SMILES string of the molecule is COC(=O)c1cccc(C(C)=O)n1. The lowest BCUT2D eigenvalue weighted by molar-refractivity contribution is 0.0594. The van der Waals surface area contributed by atoms with Crippen LogP contribution in [0.15, 0.2) is 18.2 Å². The third kappa shape index (κ3) is 2.11.